The molecule has 0 amide bonds. The van der Waals surface area contributed by atoms with Crippen LogP contribution in [0.1, 0.15) is 25.2 Å². The van der Waals surface area contributed by atoms with Crippen LogP contribution in [0.15, 0.2) is 59.0 Å². The van der Waals surface area contributed by atoms with Gasteiger partial charge in [0.2, 0.25) is 11.8 Å². The minimum atomic E-state index is 0.537. The first-order valence-corrected chi connectivity index (χ1v) is 11.9. The fourth-order valence-corrected chi connectivity index (χ4v) is 4.31. The highest BCUT2D eigenvalue weighted by Crippen LogP contribution is 2.24. The Kier molecular flexibility index (Phi) is 7.85. The zero-order chi connectivity index (χ0) is 21.3. The van der Waals surface area contributed by atoms with Gasteiger partial charge in [0.25, 0.3) is 0 Å². The lowest BCUT2D eigenvalue weighted by Gasteiger charge is -2.19. The molecule has 1 unspecified atom stereocenters. The number of thioether (sulfide) groups is 1. The molecule has 3 aromatic rings. The molecule has 1 fully saturated rings. The third-order valence-electron chi connectivity index (χ3n) is 5.42. The molecule has 0 radical (unpaired) electrons. The van der Waals surface area contributed by atoms with Crippen LogP contribution >= 0.6 is 11.8 Å². The molecule has 6 nitrogen and oxygen atoms in total. The molecule has 0 bridgehead atoms. The number of likely N-dealkylation sites (tertiary alicyclic amines) is 1. The molecule has 7 heteroatoms. The van der Waals surface area contributed by atoms with Gasteiger partial charge in [-0.15, -0.1) is 22.0 Å². The second kappa shape index (κ2) is 11.2. The van der Waals surface area contributed by atoms with Gasteiger partial charge in [0, 0.05) is 17.4 Å². The molecular weight excluding hydrogens is 410 g/mol. The number of benzene rings is 2. The average Bonchev–Trinajstić information content (AvgIpc) is 3.44. The summed E-state index contributed by atoms with van der Waals surface area (Å²) in [7, 11) is 2.20. The molecule has 1 atom stereocenters. The Morgan fingerprint density at radius 3 is 2.55 bits per heavy atom. The van der Waals surface area contributed by atoms with E-state index < -0.39 is 0 Å². The van der Waals surface area contributed by atoms with Gasteiger partial charge in [-0.2, -0.15) is 0 Å². The van der Waals surface area contributed by atoms with E-state index in [9.17, 15) is 0 Å². The largest absolute Gasteiger partial charge is 0.494 e. The van der Waals surface area contributed by atoms with Crippen molar-refractivity contribution in [1.29, 1.82) is 0 Å². The predicted molar refractivity (Wildman–Crippen MR) is 124 cm³/mol. The Labute approximate surface area is 188 Å². The van der Waals surface area contributed by atoms with E-state index >= 15 is 0 Å². The summed E-state index contributed by atoms with van der Waals surface area (Å²) in [4.78, 5) is 2.42. The lowest BCUT2D eigenvalue weighted by molar-refractivity contribution is 0.233. The van der Waals surface area contributed by atoms with Crippen LogP contribution in [-0.4, -0.2) is 53.7 Å². The fraction of sp³-hybridized carbons (Fsp3) is 0.417. The number of nitrogens with zero attached hydrogens (tertiary/aromatic N) is 3. The first kappa shape index (κ1) is 21.7. The summed E-state index contributed by atoms with van der Waals surface area (Å²) in [5, 5.41) is 8.34. The highest BCUT2D eigenvalue weighted by Gasteiger charge is 2.20. The van der Waals surface area contributed by atoms with Crippen LogP contribution in [0.5, 0.6) is 11.5 Å². The Hall–Kier alpha value is -2.51. The average molecular weight is 440 g/mol. The summed E-state index contributed by atoms with van der Waals surface area (Å²) < 4.78 is 17.4. The number of hydrogen-bond acceptors (Lipinski definition) is 7. The van der Waals surface area contributed by atoms with Crippen LogP contribution < -0.4 is 9.47 Å². The third kappa shape index (κ3) is 6.48. The van der Waals surface area contributed by atoms with Crippen molar-refractivity contribution in [2.24, 2.45) is 0 Å². The second-order valence-electron chi connectivity index (χ2n) is 7.65. The van der Waals surface area contributed by atoms with E-state index in [0.717, 1.165) is 35.8 Å². The minimum Gasteiger partial charge on any atom is -0.494 e. The summed E-state index contributed by atoms with van der Waals surface area (Å²) in [6, 6.07) is 18.3. The summed E-state index contributed by atoms with van der Waals surface area (Å²) in [6.07, 6.45) is 3.64. The number of hydrogen-bond donors (Lipinski definition) is 0. The number of aromatic nitrogens is 2. The van der Waals surface area contributed by atoms with E-state index in [2.05, 4.69) is 22.1 Å². The molecule has 0 aliphatic carbocycles. The van der Waals surface area contributed by atoms with Crippen molar-refractivity contribution in [3.8, 4) is 23.0 Å². The van der Waals surface area contributed by atoms with Crippen LogP contribution in [0.4, 0.5) is 0 Å². The first-order valence-electron chi connectivity index (χ1n) is 10.8. The van der Waals surface area contributed by atoms with E-state index in [-0.39, 0.29) is 0 Å². The van der Waals surface area contributed by atoms with Crippen LogP contribution in [0.25, 0.3) is 11.5 Å². The summed E-state index contributed by atoms with van der Waals surface area (Å²) in [5.41, 5.74) is 0.902. The summed E-state index contributed by atoms with van der Waals surface area (Å²) in [6.45, 7) is 2.59. The molecule has 1 aromatic heterocycles. The van der Waals surface area contributed by atoms with Crippen LogP contribution in [0.3, 0.4) is 0 Å². The van der Waals surface area contributed by atoms with E-state index in [1.165, 1.54) is 19.4 Å². The van der Waals surface area contributed by atoms with Gasteiger partial charge in [-0.25, -0.2) is 0 Å². The molecule has 0 saturated carbocycles. The Morgan fingerprint density at radius 1 is 1.00 bits per heavy atom. The molecule has 31 heavy (non-hydrogen) atoms. The van der Waals surface area contributed by atoms with Crippen molar-refractivity contribution >= 4 is 11.8 Å². The number of ether oxygens (including phenoxy) is 2. The monoisotopic (exact) mass is 439 g/mol. The van der Waals surface area contributed by atoms with Gasteiger partial charge in [0.05, 0.1) is 19.0 Å². The van der Waals surface area contributed by atoms with Gasteiger partial charge in [0.15, 0.2) is 0 Å². The Balaban J connectivity index is 1.17. The summed E-state index contributed by atoms with van der Waals surface area (Å²) in [5.74, 6) is 4.45. The molecule has 2 heterocycles. The Morgan fingerprint density at radius 2 is 1.77 bits per heavy atom. The van der Waals surface area contributed by atoms with E-state index in [4.69, 9.17) is 13.9 Å². The highest BCUT2D eigenvalue weighted by atomic mass is 32.2. The molecular formula is C24H29N3O3S. The molecule has 1 saturated heterocycles. The van der Waals surface area contributed by atoms with Gasteiger partial charge >= 0.3 is 0 Å². The molecule has 1 aliphatic rings. The fourth-order valence-electron chi connectivity index (χ4n) is 3.67. The molecule has 0 N–H and O–H groups in total. The number of rotatable bonds is 11. The van der Waals surface area contributed by atoms with Crippen LogP contribution in [-0.2, 0) is 5.75 Å². The lowest BCUT2D eigenvalue weighted by atomic mass is 10.1. The maximum Gasteiger partial charge on any atom is 0.247 e. The standard InChI is InChI=1S/C24H29N3O3S/c1-27-14-5-6-20(27)13-15-28-22-11-9-19(10-12-22)24-26-25-23(30-24)18-31-17-16-29-21-7-3-2-4-8-21/h2-4,7-12,20H,5-6,13-18H2,1H3. The van der Waals surface area contributed by atoms with Gasteiger partial charge < -0.3 is 18.8 Å². The molecule has 0 spiro atoms. The number of para-hydroxylation sites is 1. The molecule has 4 rings (SSSR count). The van der Waals surface area contributed by atoms with Gasteiger partial charge in [-0.3, -0.25) is 0 Å². The minimum absolute atomic E-state index is 0.537. The van der Waals surface area contributed by atoms with E-state index in [1.54, 1.807) is 11.8 Å². The van der Waals surface area contributed by atoms with Crippen LogP contribution in [0.2, 0.25) is 0 Å². The van der Waals surface area contributed by atoms with E-state index in [1.807, 2.05) is 54.6 Å². The maximum absolute atomic E-state index is 5.91. The zero-order valence-electron chi connectivity index (χ0n) is 17.9. The van der Waals surface area contributed by atoms with Crippen LogP contribution in [0, 0.1) is 0 Å². The first-order chi connectivity index (χ1) is 15.3. The molecule has 1 aliphatic heterocycles. The molecule has 2 aromatic carbocycles. The van der Waals surface area contributed by atoms with Gasteiger partial charge in [-0.1, -0.05) is 18.2 Å². The lowest BCUT2D eigenvalue weighted by Crippen LogP contribution is -2.26. The normalized spacial score (nSPS) is 16.5. The zero-order valence-corrected chi connectivity index (χ0v) is 18.7. The highest BCUT2D eigenvalue weighted by molar-refractivity contribution is 7.98. The predicted octanol–water partition coefficient (Wildman–Crippen LogP) is 4.91. The van der Waals surface area contributed by atoms with Crippen molar-refractivity contribution in [3.63, 3.8) is 0 Å². The van der Waals surface area contributed by atoms with Crippen molar-refractivity contribution in [2.45, 2.75) is 31.1 Å². The van der Waals surface area contributed by atoms with Crippen molar-refractivity contribution in [2.75, 3.05) is 32.6 Å². The van der Waals surface area contributed by atoms with Crippen molar-refractivity contribution in [3.05, 3.63) is 60.5 Å². The second-order valence-corrected chi connectivity index (χ2v) is 8.76. The SMILES string of the molecule is CN1CCCC1CCOc1ccc(-c2nnc(CSCCOc3ccccc3)o2)cc1. The van der Waals surface area contributed by atoms with Crippen molar-refractivity contribution in [1.82, 2.24) is 15.1 Å². The maximum atomic E-state index is 5.91. The summed E-state index contributed by atoms with van der Waals surface area (Å²) >= 11 is 1.71. The van der Waals surface area contributed by atoms with Gasteiger partial charge in [-0.05, 0) is 69.3 Å². The Bertz CT molecular complexity index is 917. The van der Waals surface area contributed by atoms with Gasteiger partial charge in [0.1, 0.15) is 11.5 Å². The quantitative estimate of drug-likeness (QED) is 0.393. The van der Waals surface area contributed by atoms with Crippen molar-refractivity contribution < 1.29 is 13.9 Å². The smallest absolute Gasteiger partial charge is 0.247 e. The topological polar surface area (TPSA) is 60.6 Å². The van der Waals surface area contributed by atoms with E-state index in [0.29, 0.717) is 30.2 Å². The molecule has 164 valence electrons. The third-order valence-corrected chi connectivity index (χ3v) is 6.33.